The Labute approximate surface area is 98.9 Å². The number of nitrogens with two attached hydrogens (primary N) is 1. The average molecular weight is 230 g/mol. The fraction of sp³-hybridized carbons (Fsp3) is 0.917. The highest BCUT2D eigenvalue weighted by Gasteiger charge is 2.14. The predicted molar refractivity (Wildman–Crippen MR) is 66.7 cm³/mol. The zero-order valence-corrected chi connectivity index (χ0v) is 10.8. The summed E-state index contributed by atoms with van der Waals surface area (Å²) in [6.07, 6.45) is 5.25. The van der Waals surface area contributed by atoms with Crippen LogP contribution in [0.4, 0.5) is 0 Å². The zero-order chi connectivity index (χ0) is 12.4. The van der Waals surface area contributed by atoms with E-state index < -0.39 is 0 Å². The summed E-state index contributed by atoms with van der Waals surface area (Å²) in [5.41, 5.74) is 5.53. The summed E-state index contributed by atoms with van der Waals surface area (Å²) in [6.45, 7) is 7.04. The van der Waals surface area contributed by atoms with E-state index in [9.17, 15) is 0 Å². The predicted octanol–water partition coefficient (Wildman–Crippen LogP) is 2.74. The first kappa shape index (κ1) is 15.2. The number of hydrogen-bond donors (Lipinski definition) is 2. The van der Waals surface area contributed by atoms with Gasteiger partial charge in [-0.2, -0.15) is 0 Å². The summed E-state index contributed by atoms with van der Waals surface area (Å²) < 4.78 is 5.68. The molecule has 0 bridgehead atoms. The first-order valence-corrected chi connectivity index (χ1v) is 6.28. The molecule has 0 aromatic heterocycles. The van der Waals surface area contributed by atoms with Crippen LogP contribution in [0.2, 0.25) is 0 Å². The van der Waals surface area contributed by atoms with Crippen molar-refractivity contribution in [1.29, 1.82) is 0 Å². The molecule has 0 aromatic rings. The molecule has 0 spiro atoms. The molecule has 0 rings (SSSR count). The lowest BCUT2D eigenvalue weighted by atomic mass is 10.0. The Bertz CT molecular complexity index is 195. The lowest BCUT2D eigenvalue weighted by Gasteiger charge is -2.19. The summed E-state index contributed by atoms with van der Waals surface area (Å²) in [5.74, 6) is 0.758. The van der Waals surface area contributed by atoms with E-state index in [2.05, 4.69) is 19.0 Å². The SMILES string of the molecule is CCCCC(CC)COC(CC)C(N)=NO. The van der Waals surface area contributed by atoms with Crippen molar-refractivity contribution in [3.8, 4) is 0 Å². The molecule has 96 valence electrons. The van der Waals surface area contributed by atoms with Crippen molar-refractivity contribution in [1.82, 2.24) is 0 Å². The third-order valence-electron chi connectivity index (χ3n) is 2.89. The maximum absolute atomic E-state index is 8.58. The summed E-state index contributed by atoms with van der Waals surface area (Å²) in [6, 6.07) is 0. The van der Waals surface area contributed by atoms with Gasteiger partial charge >= 0.3 is 0 Å². The van der Waals surface area contributed by atoms with Gasteiger partial charge in [0, 0.05) is 0 Å². The molecule has 3 N–H and O–H groups in total. The molecule has 0 radical (unpaired) electrons. The Balaban J connectivity index is 3.97. The minimum absolute atomic E-state index is 0.174. The molecule has 0 fully saturated rings. The largest absolute Gasteiger partial charge is 0.409 e. The van der Waals surface area contributed by atoms with E-state index in [-0.39, 0.29) is 11.9 Å². The third kappa shape index (κ3) is 5.95. The van der Waals surface area contributed by atoms with Gasteiger partial charge in [-0.1, -0.05) is 45.2 Å². The fourth-order valence-corrected chi connectivity index (χ4v) is 1.63. The van der Waals surface area contributed by atoms with Crippen molar-refractivity contribution in [2.24, 2.45) is 16.8 Å². The fourth-order valence-electron chi connectivity index (χ4n) is 1.63. The van der Waals surface area contributed by atoms with E-state index in [4.69, 9.17) is 15.7 Å². The van der Waals surface area contributed by atoms with Gasteiger partial charge in [-0.05, 0) is 18.8 Å². The summed E-state index contributed by atoms with van der Waals surface area (Å²) >= 11 is 0. The van der Waals surface area contributed by atoms with Crippen LogP contribution in [0.1, 0.15) is 52.9 Å². The van der Waals surface area contributed by atoms with E-state index in [1.807, 2.05) is 6.92 Å². The lowest BCUT2D eigenvalue weighted by Crippen LogP contribution is -2.32. The van der Waals surface area contributed by atoms with Crippen LogP contribution in [0.3, 0.4) is 0 Å². The monoisotopic (exact) mass is 230 g/mol. The van der Waals surface area contributed by atoms with Gasteiger partial charge in [0.2, 0.25) is 0 Å². The first-order chi connectivity index (χ1) is 7.69. The van der Waals surface area contributed by atoms with Crippen molar-refractivity contribution < 1.29 is 9.94 Å². The van der Waals surface area contributed by atoms with E-state index in [1.54, 1.807) is 0 Å². The number of ether oxygens (including phenoxy) is 1. The number of unbranched alkanes of at least 4 members (excludes halogenated alkanes) is 1. The van der Waals surface area contributed by atoms with Gasteiger partial charge in [-0.15, -0.1) is 0 Å². The number of amidine groups is 1. The molecule has 4 nitrogen and oxygen atoms in total. The van der Waals surface area contributed by atoms with E-state index >= 15 is 0 Å². The molecule has 4 heteroatoms. The summed E-state index contributed by atoms with van der Waals surface area (Å²) in [7, 11) is 0. The molecule has 2 atom stereocenters. The topological polar surface area (TPSA) is 67.8 Å². The van der Waals surface area contributed by atoms with Crippen molar-refractivity contribution in [3.05, 3.63) is 0 Å². The minimum atomic E-state index is -0.249. The highest BCUT2D eigenvalue weighted by molar-refractivity contribution is 5.84. The van der Waals surface area contributed by atoms with Crippen LogP contribution in [-0.4, -0.2) is 23.8 Å². The van der Waals surface area contributed by atoms with Gasteiger partial charge in [0.1, 0.15) is 6.10 Å². The maximum atomic E-state index is 8.58. The van der Waals surface area contributed by atoms with Crippen LogP contribution < -0.4 is 5.73 Å². The smallest absolute Gasteiger partial charge is 0.168 e. The highest BCUT2D eigenvalue weighted by Crippen LogP contribution is 2.14. The minimum Gasteiger partial charge on any atom is -0.409 e. The van der Waals surface area contributed by atoms with E-state index in [0.717, 1.165) is 12.8 Å². The zero-order valence-electron chi connectivity index (χ0n) is 10.8. The molecule has 0 aliphatic rings. The Hall–Kier alpha value is -0.770. The molecule has 0 aliphatic heterocycles. The van der Waals surface area contributed by atoms with Crippen molar-refractivity contribution in [2.45, 2.75) is 59.0 Å². The Morgan fingerprint density at radius 2 is 2.00 bits per heavy atom. The van der Waals surface area contributed by atoms with E-state index in [0.29, 0.717) is 12.5 Å². The molecule has 16 heavy (non-hydrogen) atoms. The van der Waals surface area contributed by atoms with Crippen LogP contribution in [0.25, 0.3) is 0 Å². The summed E-state index contributed by atoms with van der Waals surface area (Å²) in [5, 5.41) is 11.6. The molecule has 0 heterocycles. The number of oxime groups is 1. The molecule has 0 aliphatic carbocycles. The summed E-state index contributed by atoms with van der Waals surface area (Å²) in [4.78, 5) is 0. The van der Waals surface area contributed by atoms with Gasteiger partial charge in [-0.3, -0.25) is 0 Å². The van der Waals surface area contributed by atoms with Gasteiger partial charge in [0.25, 0.3) is 0 Å². The normalized spacial score (nSPS) is 16.1. The van der Waals surface area contributed by atoms with Crippen LogP contribution in [-0.2, 0) is 4.74 Å². The number of nitrogens with zero attached hydrogens (tertiary/aromatic N) is 1. The second kappa shape index (κ2) is 9.46. The molecule has 0 aromatic carbocycles. The Morgan fingerprint density at radius 1 is 1.31 bits per heavy atom. The molecule has 0 saturated heterocycles. The van der Waals surface area contributed by atoms with Crippen molar-refractivity contribution >= 4 is 5.84 Å². The quantitative estimate of drug-likeness (QED) is 0.277. The van der Waals surface area contributed by atoms with Crippen molar-refractivity contribution in [3.63, 3.8) is 0 Å². The van der Waals surface area contributed by atoms with Crippen LogP contribution >= 0.6 is 0 Å². The standard InChI is InChI=1S/C12H26N2O2/c1-4-7-8-10(5-2)9-16-11(6-3)12(13)14-15/h10-11,15H,4-9H2,1-3H3,(H2,13,14). The average Bonchev–Trinajstić information content (AvgIpc) is 2.33. The molecular formula is C12H26N2O2. The maximum Gasteiger partial charge on any atom is 0.168 e. The molecule has 2 unspecified atom stereocenters. The van der Waals surface area contributed by atoms with Gasteiger partial charge in [0.15, 0.2) is 5.84 Å². The van der Waals surface area contributed by atoms with Crippen LogP contribution in [0.5, 0.6) is 0 Å². The molecular weight excluding hydrogens is 204 g/mol. The van der Waals surface area contributed by atoms with Crippen LogP contribution in [0, 0.1) is 5.92 Å². The number of rotatable bonds is 9. The van der Waals surface area contributed by atoms with Gasteiger partial charge < -0.3 is 15.7 Å². The molecule has 0 amide bonds. The third-order valence-corrected chi connectivity index (χ3v) is 2.89. The molecule has 0 saturated carbocycles. The van der Waals surface area contributed by atoms with E-state index in [1.165, 1.54) is 19.3 Å². The highest BCUT2D eigenvalue weighted by atomic mass is 16.5. The second-order valence-corrected chi connectivity index (χ2v) is 4.17. The van der Waals surface area contributed by atoms with Crippen LogP contribution in [0.15, 0.2) is 5.16 Å². The van der Waals surface area contributed by atoms with Gasteiger partial charge in [0.05, 0.1) is 6.61 Å². The Morgan fingerprint density at radius 3 is 2.44 bits per heavy atom. The Kier molecular flexibility index (Phi) is 9.00. The second-order valence-electron chi connectivity index (χ2n) is 4.17. The first-order valence-electron chi connectivity index (χ1n) is 6.28. The lowest BCUT2D eigenvalue weighted by molar-refractivity contribution is 0.0591. The number of hydrogen-bond acceptors (Lipinski definition) is 3. The van der Waals surface area contributed by atoms with Gasteiger partial charge in [-0.25, -0.2) is 0 Å². The van der Waals surface area contributed by atoms with Crippen molar-refractivity contribution in [2.75, 3.05) is 6.61 Å².